The lowest BCUT2D eigenvalue weighted by Gasteiger charge is -2.44. The van der Waals surface area contributed by atoms with Crippen LogP contribution in [0.4, 0.5) is 0 Å². The van der Waals surface area contributed by atoms with Crippen LogP contribution in [0.3, 0.4) is 0 Å². The summed E-state index contributed by atoms with van der Waals surface area (Å²) in [5, 5.41) is 0. The lowest BCUT2D eigenvalue weighted by molar-refractivity contribution is -0.160. The van der Waals surface area contributed by atoms with Crippen LogP contribution < -0.4 is 4.74 Å². The molecule has 0 spiro atoms. The number of benzene rings is 1. The first-order valence-corrected chi connectivity index (χ1v) is 9.90. The van der Waals surface area contributed by atoms with Crippen molar-refractivity contribution in [2.45, 2.75) is 50.0 Å². The summed E-state index contributed by atoms with van der Waals surface area (Å²) in [5.41, 5.74) is 1.19. The lowest BCUT2D eigenvalue weighted by atomic mass is 9.87. The van der Waals surface area contributed by atoms with Crippen LogP contribution in [0.15, 0.2) is 24.3 Å². The van der Waals surface area contributed by atoms with Crippen molar-refractivity contribution < 1.29 is 14.3 Å². The number of amides is 1. The Labute approximate surface area is 149 Å². The van der Waals surface area contributed by atoms with Gasteiger partial charge in [0.05, 0.1) is 25.4 Å². The van der Waals surface area contributed by atoms with Crippen LogP contribution in [0.1, 0.15) is 50.0 Å². The van der Waals surface area contributed by atoms with E-state index in [1.807, 2.05) is 18.2 Å². The Bertz CT molecular complexity index is 653. The zero-order valence-electron chi connectivity index (χ0n) is 14.8. The van der Waals surface area contributed by atoms with E-state index in [-0.39, 0.29) is 11.5 Å². The monoisotopic (exact) mass is 341 g/mol. The summed E-state index contributed by atoms with van der Waals surface area (Å²) in [6.07, 6.45) is 6.67. The molecule has 5 rings (SSSR count). The smallest absolute Gasteiger partial charge is 0.223 e. The van der Waals surface area contributed by atoms with Crippen LogP contribution in [0, 0.1) is 11.8 Å². The third kappa shape index (κ3) is 2.84. The second kappa shape index (κ2) is 6.01. The Morgan fingerprint density at radius 1 is 1.08 bits per heavy atom. The van der Waals surface area contributed by atoms with E-state index in [2.05, 4.69) is 11.0 Å². The highest BCUT2D eigenvalue weighted by atomic mass is 16.5. The first-order chi connectivity index (χ1) is 12.3. The molecule has 1 unspecified atom stereocenters. The number of carbonyl (C=O) groups is 1. The number of fused-ring (bicyclic) bond motifs is 1. The van der Waals surface area contributed by atoms with Gasteiger partial charge in [-0.25, -0.2) is 0 Å². The zero-order valence-corrected chi connectivity index (χ0v) is 14.8. The molecule has 1 aromatic rings. The molecule has 4 nitrogen and oxygen atoms in total. The van der Waals surface area contributed by atoms with Crippen LogP contribution in [0.2, 0.25) is 0 Å². The van der Waals surface area contributed by atoms with E-state index in [1.54, 1.807) is 0 Å². The summed E-state index contributed by atoms with van der Waals surface area (Å²) in [4.78, 5) is 15.2. The second-order valence-corrected chi connectivity index (χ2v) is 8.24. The van der Waals surface area contributed by atoms with Crippen molar-refractivity contribution in [3.05, 3.63) is 29.8 Å². The van der Waals surface area contributed by atoms with E-state index in [4.69, 9.17) is 9.47 Å². The minimum atomic E-state index is -0.0124. The molecule has 2 saturated carbocycles. The maximum Gasteiger partial charge on any atom is 0.223 e. The van der Waals surface area contributed by atoms with Crippen LogP contribution in [-0.2, 0) is 9.53 Å². The summed E-state index contributed by atoms with van der Waals surface area (Å²) in [6.45, 7) is 3.01. The molecular weight excluding hydrogens is 314 g/mol. The Morgan fingerprint density at radius 2 is 1.84 bits per heavy atom. The molecule has 0 radical (unpaired) electrons. The SMILES string of the molecule is O=C(CC1CCOc2ccccc21)N1CCOC(C2CC2)(C2CC2)C1. The maximum atomic E-state index is 13.1. The largest absolute Gasteiger partial charge is 0.493 e. The number of hydrogen-bond donors (Lipinski definition) is 0. The van der Waals surface area contributed by atoms with Gasteiger partial charge in [-0.15, -0.1) is 0 Å². The Balaban J connectivity index is 1.30. The molecule has 2 heterocycles. The molecule has 25 heavy (non-hydrogen) atoms. The molecule has 0 bridgehead atoms. The Hall–Kier alpha value is -1.55. The van der Waals surface area contributed by atoms with Crippen LogP contribution >= 0.6 is 0 Å². The zero-order chi connectivity index (χ0) is 16.9. The van der Waals surface area contributed by atoms with Crippen molar-refractivity contribution in [2.75, 3.05) is 26.3 Å². The minimum absolute atomic E-state index is 0.0124. The van der Waals surface area contributed by atoms with Gasteiger partial charge in [-0.1, -0.05) is 18.2 Å². The molecule has 1 atom stereocenters. The fourth-order valence-corrected chi connectivity index (χ4v) is 4.92. The first kappa shape index (κ1) is 15.7. The Morgan fingerprint density at radius 3 is 2.60 bits per heavy atom. The highest BCUT2D eigenvalue weighted by molar-refractivity contribution is 5.77. The van der Waals surface area contributed by atoms with Crippen molar-refractivity contribution in [1.82, 2.24) is 4.90 Å². The van der Waals surface area contributed by atoms with Crippen molar-refractivity contribution in [1.29, 1.82) is 0 Å². The molecule has 4 aliphatic rings. The molecule has 2 aliphatic carbocycles. The molecule has 134 valence electrons. The number of morpholine rings is 1. The molecule has 3 fully saturated rings. The highest BCUT2D eigenvalue weighted by Crippen LogP contribution is 2.55. The number of carbonyl (C=O) groups excluding carboxylic acids is 1. The molecule has 4 heteroatoms. The Kier molecular flexibility index (Phi) is 3.77. The minimum Gasteiger partial charge on any atom is -0.493 e. The van der Waals surface area contributed by atoms with E-state index < -0.39 is 0 Å². The third-order valence-corrected chi connectivity index (χ3v) is 6.56. The van der Waals surface area contributed by atoms with Gasteiger partial charge in [-0.2, -0.15) is 0 Å². The van der Waals surface area contributed by atoms with Gasteiger partial charge in [-0.3, -0.25) is 4.79 Å². The lowest BCUT2D eigenvalue weighted by Crippen LogP contribution is -2.56. The number of ether oxygens (including phenoxy) is 2. The van der Waals surface area contributed by atoms with Gasteiger partial charge in [0.25, 0.3) is 0 Å². The topological polar surface area (TPSA) is 38.8 Å². The predicted octanol–water partition coefficient (Wildman–Crippen LogP) is 3.36. The van der Waals surface area contributed by atoms with Crippen molar-refractivity contribution in [2.24, 2.45) is 11.8 Å². The van der Waals surface area contributed by atoms with Gasteiger partial charge < -0.3 is 14.4 Å². The van der Waals surface area contributed by atoms with Gasteiger partial charge in [0, 0.05) is 13.0 Å². The maximum absolute atomic E-state index is 13.1. The third-order valence-electron chi connectivity index (χ3n) is 6.56. The molecule has 0 aromatic heterocycles. The van der Waals surface area contributed by atoms with E-state index in [0.717, 1.165) is 25.3 Å². The molecule has 0 N–H and O–H groups in total. The quantitative estimate of drug-likeness (QED) is 0.843. The summed E-state index contributed by atoms with van der Waals surface area (Å²) in [6, 6.07) is 8.19. The number of para-hydroxylation sites is 1. The van der Waals surface area contributed by atoms with Crippen LogP contribution in [-0.4, -0.2) is 42.7 Å². The van der Waals surface area contributed by atoms with Gasteiger partial charge in [0.2, 0.25) is 5.91 Å². The van der Waals surface area contributed by atoms with Crippen molar-refractivity contribution in [3.8, 4) is 5.75 Å². The summed E-state index contributed by atoms with van der Waals surface area (Å²) in [5.74, 6) is 2.94. The average Bonchev–Trinajstić information content (AvgIpc) is 3.54. The molecular formula is C21H27NO3. The standard InChI is InChI=1S/C21H27NO3/c23-20(13-15-9-11-24-19-4-2-1-3-18(15)19)22-10-12-25-21(14-22,16-5-6-16)17-7-8-17/h1-4,15-17H,5-14H2. The number of nitrogens with zero attached hydrogens (tertiary/aromatic N) is 1. The fraction of sp³-hybridized carbons (Fsp3) is 0.667. The van der Waals surface area contributed by atoms with Crippen molar-refractivity contribution >= 4 is 5.91 Å². The summed E-state index contributed by atoms with van der Waals surface area (Å²) in [7, 11) is 0. The molecule has 1 saturated heterocycles. The van der Waals surface area contributed by atoms with E-state index in [9.17, 15) is 4.79 Å². The number of rotatable bonds is 4. The first-order valence-electron chi connectivity index (χ1n) is 9.90. The summed E-state index contributed by atoms with van der Waals surface area (Å²) >= 11 is 0. The van der Waals surface area contributed by atoms with Gasteiger partial charge >= 0.3 is 0 Å². The average molecular weight is 341 g/mol. The molecule has 1 aromatic carbocycles. The highest BCUT2D eigenvalue weighted by Gasteiger charge is 2.57. The van der Waals surface area contributed by atoms with Gasteiger partial charge in [0.1, 0.15) is 5.75 Å². The van der Waals surface area contributed by atoms with E-state index in [0.29, 0.717) is 37.4 Å². The number of hydrogen-bond acceptors (Lipinski definition) is 3. The van der Waals surface area contributed by atoms with Crippen LogP contribution in [0.25, 0.3) is 0 Å². The van der Waals surface area contributed by atoms with E-state index >= 15 is 0 Å². The molecule has 2 aliphatic heterocycles. The van der Waals surface area contributed by atoms with Gasteiger partial charge in [0.15, 0.2) is 0 Å². The molecule has 1 amide bonds. The van der Waals surface area contributed by atoms with Crippen LogP contribution in [0.5, 0.6) is 5.75 Å². The second-order valence-electron chi connectivity index (χ2n) is 8.24. The normalized spacial score (nSPS) is 28.2. The predicted molar refractivity (Wildman–Crippen MR) is 94.6 cm³/mol. The van der Waals surface area contributed by atoms with Gasteiger partial charge in [-0.05, 0) is 61.5 Å². The summed E-state index contributed by atoms with van der Waals surface area (Å²) < 4.78 is 12.1. The van der Waals surface area contributed by atoms with E-state index in [1.165, 1.54) is 31.2 Å². The van der Waals surface area contributed by atoms with Crippen molar-refractivity contribution in [3.63, 3.8) is 0 Å². The fourth-order valence-electron chi connectivity index (χ4n) is 4.92.